The number of ether oxygens (including phenoxy) is 3. The first kappa shape index (κ1) is 38.4. The van der Waals surface area contributed by atoms with E-state index in [1.54, 1.807) is 0 Å². The molecule has 1 fully saturated rings. The van der Waals surface area contributed by atoms with Crippen molar-refractivity contribution < 1.29 is 33.4 Å². The number of methoxy groups -OCH3 is 3. The summed E-state index contributed by atoms with van der Waals surface area (Å²) in [5.74, 6) is -0.473. The Bertz CT molecular complexity index is 1400. The van der Waals surface area contributed by atoms with Gasteiger partial charge in [-0.3, -0.25) is 4.79 Å². The van der Waals surface area contributed by atoms with Gasteiger partial charge in [0.2, 0.25) is 0 Å². The predicted molar refractivity (Wildman–Crippen MR) is 184 cm³/mol. The maximum atomic E-state index is 11.6. The summed E-state index contributed by atoms with van der Waals surface area (Å²) in [6.07, 6.45) is 12.7. The number of rotatable bonds is 13. The van der Waals surface area contributed by atoms with Crippen LogP contribution >= 0.6 is 0 Å². The van der Waals surface area contributed by atoms with Crippen molar-refractivity contribution >= 4 is 23.6 Å². The monoisotopic (exact) mass is 640 g/mol. The van der Waals surface area contributed by atoms with E-state index in [0.29, 0.717) is 12.3 Å². The first-order chi connectivity index (χ1) is 22.9. The van der Waals surface area contributed by atoms with E-state index in [1.807, 2.05) is 60.7 Å². The summed E-state index contributed by atoms with van der Waals surface area (Å²) in [7, 11) is 4.14. The summed E-state index contributed by atoms with van der Waals surface area (Å²) in [6.45, 7) is 0. The van der Waals surface area contributed by atoms with Crippen molar-refractivity contribution in [2.24, 2.45) is 5.92 Å². The maximum absolute atomic E-state index is 11.6. The lowest BCUT2D eigenvalue weighted by Crippen LogP contribution is -2.18. The zero-order valence-electron chi connectivity index (χ0n) is 27.9. The quantitative estimate of drug-likeness (QED) is 0.0359. The fourth-order valence-corrected chi connectivity index (χ4v) is 5.39. The van der Waals surface area contributed by atoms with E-state index in [4.69, 9.17) is 10.3 Å². The Hall–Kier alpha value is -4.81. The van der Waals surface area contributed by atoms with Crippen molar-refractivity contribution in [2.75, 3.05) is 21.3 Å². The number of allylic oxidation sites excluding steroid dienone is 1. The first-order valence-corrected chi connectivity index (χ1v) is 16.2. The number of carbonyl (C=O) groups is 3. The molecule has 8 nitrogen and oxygen atoms in total. The molecule has 1 aliphatic rings. The zero-order valence-corrected chi connectivity index (χ0v) is 27.9. The molecule has 0 saturated heterocycles. The van der Waals surface area contributed by atoms with Crippen molar-refractivity contribution in [3.05, 3.63) is 125 Å². The van der Waals surface area contributed by atoms with Gasteiger partial charge < -0.3 is 19.7 Å². The molecule has 250 valence electrons. The summed E-state index contributed by atoms with van der Waals surface area (Å²) in [4.78, 5) is 36.4. The summed E-state index contributed by atoms with van der Waals surface area (Å²) in [5.41, 5.74) is 12.6. The average Bonchev–Trinajstić information content (AvgIpc) is 3.63. The van der Waals surface area contributed by atoms with Crippen molar-refractivity contribution in [2.45, 2.75) is 70.1 Å². The second-order valence-corrected chi connectivity index (χ2v) is 11.1. The van der Waals surface area contributed by atoms with Crippen LogP contribution in [0.1, 0.15) is 74.0 Å². The minimum absolute atomic E-state index is 0.0543. The molecule has 0 bridgehead atoms. The van der Waals surface area contributed by atoms with Gasteiger partial charge in [-0.2, -0.15) is 4.79 Å². The molecule has 0 N–H and O–H groups in total. The number of carbonyl (C=O) groups excluding carboxylic acids is 3. The number of aryl methyl sites for hydroxylation is 2. The summed E-state index contributed by atoms with van der Waals surface area (Å²) >= 11 is 0. The van der Waals surface area contributed by atoms with Crippen LogP contribution in [0.25, 0.3) is 5.53 Å². The molecule has 3 aromatic rings. The number of hydrogen-bond acceptors (Lipinski definition) is 6. The number of unbranched alkanes of at least 4 members (excludes halogenated alkanes) is 2. The molecular weight excluding hydrogens is 592 g/mol. The van der Waals surface area contributed by atoms with Crippen LogP contribution in [0.4, 0.5) is 0 Å². The molecule has 2 atom stereocenters. The lowest BCUT2D eigenvalue weighted by Gasteiger charge is -2.17. The largest absolute Gasteiger partial charge is 0.469 e. The van der Waals surface area contributed by atoms with E-state index in [9.17, 15) is 14.4 Å². The molecule has 0 unspecified atom stereocenters. The lowest BCUT2D eigenvalue weighted by atomic mass is 9.89. The molecular formula is C39H48N2O6. The molecule has 0 heterocycles. The number of benzene rings is 3. The van der Waals surface area contributed by atoms with Gasteiger partial charge in [-0.25, -0.2) is 9.59 Å². The fraction of sp³-hybridized carbons (Fsp3) is 0.385. The van der Waals surface area contributed by atoms with Gasteiger partial charge in [-0.1, -0.05) is 103 Å². The Kier molecular flexibility index (Phi) is 19.2. The molecule has 0 amide bonds. The molecule has 1 aliphatic carbocycles. The second-order valence-electron chi connectivity index (χ2n) is 11.1. The van der Waals surface area contributed by atoms with Crippen LogP contribution in [0.3, 0.4) is 0 Å². The standard InChI is InChI=1S/C13H16N2O2.2C13H16O2/c1-17-13(16)12(15-14)10-6-5-9-11-7-3-2-4-8-11;1-15-13(14)12-9-5-8-11(12)10-6-3-2-4-7-10;1-15-13(14)11-7-3-6-10-12-8-4-2-5-9-12/h2-4,7-8H,5-6,9-10H2,1H3;2-4,6-7,11-12H,5,8-9H2,1H3;2,4-5,7-9,11H,3,6,10H2,1H3/b;;11-7-/t;11-,12-;/m.0./s1. The smallest absolute Gasteiger partial charge is 0.416 e. The van der Waals surface area contributed by atoms with Crippen molar-refractivity contribution in [1.29, 1.82) is 0 Å². The Morgan fingerprint density at radius 1 is 0.745 bits per heavy atom. The van der Waals surface area contributed by atoms with Crippen LogP contribution in [-0.4, -0.2) is 49.7 Å². The predicted octanol–water partition coefficient (Wildman–Crippen LogP) is 7.73. The fourth-order valence-electron chi connectivity index (χ4n) is 5.39. The van der Waals surface area contributed by atoms with Crippen LogP contribution in [0.15, 0.2) is 103 Å². The van der Waals surface area contributed by atoms with E-state index in [-0.39, 0.29) is 23.6 Å². The molecule has 8 heteroatoms. The van der Waals surface area contributed by atoms with Crippen molar-refractivity contribution in [3.8, 4) is 0 Å². The van der Waals surface area contributed by atoms with Gasteiger partial charge in [0.15, 0.2) is 0 Å². The molecule has 4 rings (SSSR count). The van der Waals surface area contributed by atoms with Crippen LogP contribution in [0.2, 0.25) is 0 Å². The normalized spacial score (nSPS) is 14.8. The van der Waals surface area contributed by atoms with E-state index >= 15 is 0 Å². The molecule has 47 heavy (non-hydrogen) atoms. The Morgan fingerprint density at radius 3 is 1.85 bits per heavy atom. The first-order valence-electron chi connectivity index (χ1n) is 16.2. The molecule has 0 aliphatic heterocycles. The van der Waals surface area contributed by atoms with Gasteiger partial charge in [-0.15, -0.1) is 0 Å². The van der Waals surface area contributed by atoms with Crippen LogP contribution in [0, 0.1) is 5.92 Å². The average molecular weight is 641 g/mol. The van der Waals surface area contributed by atoms with E-state index in [2.05, 4.69) is 50.7 Å². The van der Waals surface area contributed by atoms with Crippen molar-refractivity contribution in [3.63, 3.8) is 0 Å². The molecule has 0 radical (unpaired) electrons. The Balaban J connectivity index is 0.000000246. The molecule has 1 saturated carbocycles. The second kappa shape index (κ2) is 23.5. The third-order valence-electron chi connectivity index (χ3n) is 7.90. The van der Waals surface area contributed by atoms with E-state index in [1.165, 1.54) is 44.1 Å². The van der Waals surface area contributed by atoms with Gasteiger partial charge in [0, 0.05) is 6.08 Å². The minimum Gasteiger partial charge on any atom is -0.469 e. The van der Waals surface area contributed by atoms with Crippen LogP contribution < -0.4 is 0 Å². The summed E-state index contributed by atoms with van der Waals surface area (Å²) in [6, 6.07) is 30.7. The van der Waals surface area contributed by atoms with E-state index in [0.717, 1.165) is 57.8 Å². The Labute approximate surface area is 279 Å². The number of esters is 3. The maximum Gasteiger partial charge on any atom is 0.416 e. The molecule has 3 aromatic carbocycles. The molecule has 0 aromatic heterocycles. The van der Waals surface area contributed by atoms with Gasteiger partial charge in [-0.05, 0) is 74.0 Å². The zero-order chi connectivity index (χ0) is 34.1. The third-order valence-corrected chi connectivity index (χ3v) is 7.90. The number of hydrogen-bond donors (Lipinski definition) is 0. The van der Waals surface area contributed by atoms with Gasteiger partial charge in [0.1, 0.15) is 0 Å². The van der Waals surface area contributed by atoms with Crippen LogP contribution in [0.5, 0.6) is 0 Å². The highest BCUT2D eigenvalue weighted by Crippen LogP contribution is 2.40. The third kappa shape index (κ3) is 15.4. The van der Waals surface area contributed by atoms with Gasteiger partial charge in [0.05, 0.1) is 33.7 Å². The minimum atomic E-state index is -0.563. The molecule has 0 spiro atoms. The van der Waals surface area contributed by atoms with Crippen molar-refractivity contribution in [1.82, 2.24) is 0 Å². The van der Waals surface area contributed by atoms with E-state index < -0.39 is 5.97 Å². The SMILES string of the molecule is COC(=O)/C=C\CCCc1ccccc1.COC(=O)C(CCCCc1ccccc1)=[N+]=[N-].COC(=O)[C@H]1CCC[C@H]1c1ccccc1. The van der Waals surface area contributed by atoms with Gasteiger partial charge in [0.25, 0.3) is 0 Å². The number of nitrogens with zero attached hydrogens (tertiary/aromatic N) is 2. The highest BCUT2D eigenvalue weighted by atomic mass is 16.5. The lowest BCUT2D eigenvalue weighted by molar-refractivity contribution is -0.145. The summed E-state index contributed by atoms with van der Waals surface area (Å²) < 4.78 is 13.8. The summed E-state index contributed by atoms with van der Waals surface area (Å²) in [5, 5.41) is 0. The van der Waals surface area contributed by atoms with Crippen LogP contribution in [-0.2, 0) is 41.4 Å². The van der Waals surface area contributed by atoms with Gasteiger partial charge >= 0.3 is 23.6 Å². The Morgan fingerprint density at radius 2 is 1.32 bits per heavy atom. The highest BCUT2D eigenvalue weighted by Gasteiger charge is 2.34. The highest BCUT2D eigenvalue weighted by molar-refractivity contribution is 6.33. The topological polar surface area (TPSA) is 115 Å².